The molecule has 1 heterocycles. The lowest BCUT2D eigenvalue weighted by Crippen LogP contribution is -2.36. The van der Waals surface area contributed by atoms with Crippen LogP contribution in [0.25, 0.3) is 0 Å². The maximum absolute atomic E-state index is 12.7. The fourth-order valence-corrected chi connectivity index (χ4v) is 2.76. The number of alkyl halides is 4. The molecule has 1 aromatic carbocycles. The molecule has 1 aliphatic rings. The lowest BCUT2D eigenvalue weighted by molar-refractivity contribution is -0.137. The van der Waals surface area contributed by atoms with Gasteiger partial charge in [0.1, 0.15) is 0 Å². The number of hydrogen-bond donors (Lipinski definition) is 0. The second-order valence-corrected chi connectivity index (χ2v) is 5.05. The fraction of sp³-hybridized carbons (Fsp3) is 0.571. The van der Waals surface area contributed by atoms with Gasteiger partial charge in [-0.1, -0.05) is 0 Å². The highest BCUT2D eigenvalue weighted by molar-refractivity contribution is 6.17. The Morgan fingerprint density at radius 3 is 2.65 bits per heavy atom. The second kappa shape index (κ2) is 6.22. The molecule has 1 atom stereocenters. The zero-order valence-corrected chi connectivity index (χ0v) is 12.0. The van der Waals surface area contributed by atoms with Crippen molar-refractivity contribution in [3.63, 3.8) is 0 Å². The molecular formula is C14H17ClF3NO. The van der Waals surface area contributed by atoms with E-state index in [1.54, 1.807) is 0 Å². The molecule has 2 rings (SSSR count). The lowest BCUT2D eigenvalue weighted by Gasteiger charge is -2.31. The Bertz CT molecular complexity index is 458. The van der Waals surface area contributed by atoms with Crippen LogP contribution in [0.4, 0.5) is 18.9 Å². The first-order valence-electron chi connectivity index (χ1n) is 6.57. The molecule has 1 aliphatic heterocycles. The third-order valence-corrected chi connectivity index (χ3v) is 3.84. The van der Waals surface area contributed by atoms with Gasteiger partial charge in [0, 0.05) is 24.7 Å². The number of nitrogens with zero attached hydrogens (tertiary/aromatic N) is 1. The number of rotatable bonds is 4. The van der Waals surface area contributed by atoms with Gasteiger partial charge in [-0.2, -0.15) is 13.2 Å². The summed E-state index contributed by atoms with van der Waals surface area (Å²) in [5.41, 5.74) is 0.622. The summed E-state index contributed by atoms with van der Waals surface area (Å²) in [5, 5.41) is 0. The van der Waals surface area contributed by atoms with Crippen LogP contribution in [-0.4, -0.2) is 25.8 Å². The summed E-state index contributed by atoms with van der Waals surface area (Å²) in [6.45, 7) is 3.99. The van der Waals surface area contributed by atoms with E-state index in [1.807, 2.05) is 6.92 Å². The quantitative estimate of drug-likeness (QED) is 0.778. The minimum absolute atomic E-state index is 0.0589. The molecule has 112 valence electrons. The van der Waals surface area contributed by atoms with E-state index >= 15 is 0 Å². The van der Waals surface area contributed by atoms with Crippen LogP contribution in [0.1, 0.15) is 24.5 Å². The van der Waals surface area contributed by atoms with E-state index < -0.39 is 11.7 Å². The largest absolute Gasteiger partial charge is 0.416 e. The van der Waals surface area contributed by atoms with Crippen molar-refractivity contribution in [3.05, 3.63) is 29.3 Å². The standard InChI is InChI=1S/C14H17ClF3NO/c1-2-19(12-5-6-20-9-12)13-4-3-11(14(16,17)18)7-10(13)8-15/h3-4,7,12H,2,5-6,8-9H2,1H3/t12-/m0/s1. The van der Waals surface area contributed by atoms with Gasteiger partial charge in [-0.3, -0.25) is 0 Å². The Balaban J connectivity index is 2.34. The summed E-state index contributed by atoms with van der Waals surface area (Å²) in [6, 6.07) is 3.98. The number of ether oxygens (including phenoxy) is 1. The Morgan fingerprint density at radius 2 is 2.15 bits per heavy atom. The summed E-state index contributed by atoms with van der Waals surface area (Å²) < 4.78 is 43.6. The van der Waals surface area contributed by atoms with Crippen molar-refractivity contribution < 1.29 is 17.9 Å². The first-order chi connectivity index (χ1) is 9.47. The maximum atomic E-state index is 12.7. The predicted molar refractivity (Wildman–Crippen MR) is 73.2 cm³/mol. The molecule has 20 heavy (non-hydrogen) atoms. The third-order valence-electron chi connectivity index (χ3n) is 3.55. The SMILES string of the molecule is CCN(c1ccc(C(F)(F)F)cc1CCl)[C@H]1CCOC1. The van der Waals surface area contributed by atoms with E-state index in [2.05, 4.69) is 4.90 Å². The van der Waals surface area contributed by atoms with Gasteiger partial charge in [-0.25, -0.2) is 0 Å². The summed E-state index contributed by atoms with van der Waals surface area (Å²) in [4.78, 5) is 2.07. The number of anilines is 1. The first-order valence-corrected chi connectivity index (χ1v) is 7.11. The van der Waals surface area contributed by atoms with Gasteiger partial charge in [0.05, 0.1) is 18.2 Å². The Hall–Kier alpha value is -0.940. The van der Waals surface area contributed by atoms with Crippen LogP contribution in [0.3, 0.4) is 0 Å². The summed E-state index contributed by atoms with van der Waals surface area (Å²) in [7, 11) is 0. The fourth-order valence-electron chi connectivity index (χ4n) is 2.54. The Kier molecular flexibility index (Phi) is 4.81. The van der Waals surface area contributed by atoms with E-state index in [0.29, 0.717) is 25.3 Å². The van der Waals surface area contributed by atoms with Crippen LogP contribution in [-0.2, 0) is 16.8 Å². The topological polar surface area (TPSA) is 12.5 Å². The molecule has 0 unspecified atom stereocenters. The molecule has 0 bridgehead atoms. The van der Waals surface area contributed by atoms with Crippen molar-refractivity contribution in [2.24, 2.45) is 0 Å². The highest BCUT2D eigenvalue weighted by Gasteiger charge is 2.32. The Morgan fingerprint density at radius 1 is 1.40 bits per heavy atom. The van der Waals surface area contributed by atoms with Crippen molar-refractivity contribution in [1.29, 1.82) is 0 Å². The van der Waals surface area contributed by atoms with E-state index in [-0.39, 0.29) is 11.9 Å². The van der Waals surface area contributed by atoms with Crippen LogP contribution in [0.2, 0.25) is 0 Å². The molecule has 1 saturated heterocycles. The van der Waals surface area contributed by atoms with Crippen molar-refractivity contribution in [3.8, 4) is 0 Å². The minimum Gasteiger partial charge on any atom is -0.379 e. The van der Waals surface area contributed by atoms with E-state index in [0.717, 1.165) is 24.2 Å². The van der Waals surface area contributed by atoms with E-state index in [4.69, 9.17) is 16.3 Å². The molecule has 0 saturated carbocycles. The minimum atomic E-state index is -4.34. The average Bonchev–Trinajstić information content (AvgIpc) is 2.92. The van der Waals surface area contributed by atoms with E-state index in [1.165, 1.54) is 6.07 Å². The molecule has 0 radical (unpaired) electrons. The van der Waals surface area contributed by atoms with Gasteiger partial charge in [0.25, 0.3) is 0 Å². The molecular weight excluding hydrogens is 291 g/mol. The summed E-state index contributed by atoms with van der Waals surface area (Å²) >= 11 is 5.84. The lowest BCUT2D eigenvalue weighted by atomic mass is 10.1. The van der Waals surface area contributed by atoms with Crippen molar-refractivity contribution in [2.45, 2.75) is 31.4 Å². The van der Waals surface area contributed by atoms with Crippen molar-refractivity contribution in [1.82, 2.24) is 0 Å². The van der Waals surface area contributed by atoms with E-state index in [9.17, 15) is 13.2 Å². The average molecular weight is 308 g/mol. The van der Waals surface area contributed by atoms with Crippen LogP contribution < -0.4 is 4.90 Å². The van der Waals surface area contributed by atoms with Gasteiger partial charge in [0.15, 0.2) is 0 Å². The van der Waals surface area contributed by atoms with Crippen LogP contribution >= 0.6 is 11.6 Å². The van der Waals surface area contributed by atoms with Gasteiger partial charge >= 0.3 is 6.18 Å². The van der Waals surface area contributed by atoms with Crippen molar-refractivity contribution >= 4 is 17.3 Å². The summed E-state index contributed by atoms with van der Waals surface area (Å²) in [6.07, 6.45) is -3.45. The zero-order chi connectivity index (χ0) is 14.8. The number of benzene rings is 1. The number of halogens is 4. The highest BCUT2D eigenvalue weighted by atomic mass is 35.5. The van der Waals surface area contributed by atoms with Gasteiger partial charge in [0.2, 0.25) is 0 Å². The molecule has 2 nitrogen and oxygen atoms in total. The molecule has 0 spiro atoms. The molecule has 0 amide bonds. The Labute approximate surface area is 121 Å². The summed E-state index contributed by atoms with van der Waals surface area (Å²) in [5.74, 6) is 0.0589. The molecule has 6 heteroatoms. The van der Waals surface area contributed by atoms with Gasteiger partial charge < -0.3 is 9.64 Å². The molecule has 1 aromatic rings. The molecule has 0 aliphatic carbocycles. The van der Waals surface area contributed by atoms with Gasteiger partial charge in [-0.05, 0) is 37.1 Å². The van der Waals surface area contributed by atoms with Crippen molar-refractivity contribution in [2.75, 3.05) is 24.7 Å². The zero-order valence-electron chi connectivity index (χ0n) is 11.2. The van der Waals surface area contributed by atoms with Gasteiger partial charge in [-0.15, -0.1) is 11.6 Å². The highest BCUT2D eigenvalue weighted by Crippen LogP contribution is 2.34. The van der Waals surface area contributed by atoms with Crippen LogP contribution in [0.5, 0.6) is 0 Å². The maximum Gasteiger partial charge on any atom is 0.416 e. The third kappa shape index (κ3) is 3.20. The van der Waals surface area contributed by atoms with Crippen LogP contribution in [0.15, 0.2) is 18.2 Å². The molecule has 0 N–H and O–H groups in total. The normalized spacial score (nSPS) is 19.4. The predicted octanol–water partition coefficient (Wildman–Crippen LogP) is 4.06. The monoisotopic (exact) mass is 307 g/mol. The van der Waals surface area contributed by atoms with Crippen LogP contribution in [0, 0.1) is 0 Å². The first kappa shape index (κ1) is 15.4. The smallest absolute Gasteiger partial charge is 0.379 e. The molecule has 0 aromatic heterocycles. The number of hydrogen-bond acceptors (Lipinski definition) is 2. The number of likely N-dealkylation sites (N-methyl/N-ethyl adjacent to an activating group) is 1. The second-order valence-electron chi connectivity index (χ2n) is 4.78. The molecule has 1 fully saturated rings.